The van der Waals surface area contributed by atoms with Crippen molar-refractivity contribution in [1.29, 1.82) is 0 Å². The monoisotopic (exact) mass is 223 g/mol. The Labute approximate surface area is 102 Å². The van der Waals surface area contributed by atoms with Crippen molar-refractivity contribution >= 4 is 0 Å². The minimum Gasteiger partial charge on any atom is -0.372 e. The molecule has 16 heavy (non-hydrogen) atoms. The Bertz CT molecular complexity index is 201. The first-order chi connectivity index (χ1) is 7.47. The summed E-state index contributed by atoms with van der Waals surface area (Å²) < 4.78 is 0. The van der Waals surface area contributed by atoms with E-state index in [4.69, 9.17) is 0 Å². The molecule has 0 amide bonds. The fourth-order valence-corrected chi connectivity index (χ4v) is 1.52. The van der Waals surface area contributed by atoms with Crippen molar-refractivity contribution in [3.63, 3.8) is 0 Å². The summed E-state index contributed by atoms with van der Waals surface area (Å²) in [6.07, 6.45) is 6.67. The van der Waals surface area contributed by atoms with Crippen LogP contribution >= 0.6 is 0 Å². The summed E-state index contributed by atoms with van der Waals surface area (Å²) in [5.74, 6) is 1.53. The topological polar surface area (TPSA) is 3.24 Å². The molecule has 1 heteroatoms. The van der Waals surface area contributed by atoms with Crippen LogP contribution in [-0.2, 0) is 0 Å². The summed E-state index contributed by atoms with van der Waals surface area (Å²) in [6.45, 7) is 17.6. The van der Waals surface area contributed by atoms with Gasteiger partial charge in [0.05, 0.1) is 0 Å². The highest BCUT2D eigenvalue weighted by Crippen LogP contribution is 2.11. The average Bonchev–Trinajstić information content (AvgIpc) is 2.17. The zero-order valence-corrected chi connectivity index (χ0v) is 11.8. The molecule has 0 spiro atoms. The lowest BCUT2D eigenvalue weighted by Gasteiger charge is -2.26. The van der Waals surface area contributed by atoms with Crippen LogP contribution in [0.15, 0.2) is 24.4 Å². The molecule has 0 aliphatic rings. The van der Waals surface area contributed by atoms with E-state index in [2.05, 4.69) is 51.3 Å². The van der Waals surface area contributed by atoms with Gasteiger partial charge in [-0.05, 0) is 37.7 Å². The molecular formula is C15H29N. The third kappa shape index (κ3) is 7.56. The summed E-state index contributed by atoms with van der Waals surface area (Å²) in [4.78, 5) is 2.42. The van der Waals surface area contributed by atoms with E-state index < -0.39 is 0 Å². The summed E-state index contributed by atoms with van der Waals surface area (Å²) >= 11 is 0. The van der Waals surface area contributed by atoms with Gasteiger partial charge in [0.25, 0.3) is 0 Å². The number of nitrogens with zero attached hydrogens (tertiary/aromatic N) is 1. The Morgan fingerprint density at radius 3 is 1.81 bits per heavy atom. The molecule has 0 aliphatic carbocycles. The van der Waals surface area contributed by atoms with E-state index in [0.717, 1.165) is 30.6 Å². The van der Waals surface area contributed by atoms with Crippen LogP contribution in [-0.4, -0.2) is 18.0 Å². The van der Waals surface area contributed by atoms with Crippen molar-refractivity contribution in [2.75, 3.05) is 13.1 Å². The SMILES string of the molecule is C=C(/C=C/C)N(CCC(C)C)CCC(C)C. The van der Waals surface area contributed by atoms with Crippen molar-refractivity contribution in [2.45, 2.75) is 47.5 Å². The van der Waals surface area contributed by atoms with Crippen LogP contribution in [0.5, 0.6) is 0 Å². The summed E-state index contributed by atoms with van der Waals surface area (Å²) in [6, 6.07) is 0. The maximum Gasteiger partial charge on any atom is 0.0289 e. The van der Waals surface area contributed by atoms with Crippen LogP contribution in [0.1, 0.15) is 47.5 Å². The minimum absolute atomic E-state index is 0.764. The zero-order valence-electron chi connectivity index (χ0n) is 11.8. The van der Waals surface area contributed by atoms with Crippen LogP contribution < -0.4 is 0 Å². The largest absolute Gasteiger partial charge is 0.372 e. The van der Waals surface area contributed by atoms with Gasteiger partial charge in [0.15, 0.2) is 0 Å². The first kappa shape index (κ1) is 15.3. The Hall–Kier alpha value is -0.720. The second kappa shape index (κ2) is 8.43. The van der Waals surface area contributed by atoms with E-state index in [9.17, 15) is 0 Å². The first-order valence-electron chi connectivity index (χ1n) is 6.53. The molecule has 0 N–H and O–H groups in total. The summed E-state index contributed by atoms with van der Waals surface area (Å²) in [5.41, 5.74) is 1.16. The fraction of sp³-hybridized carbons (Fsp3) is 0.733. The Morgan fingerprint density at radius 1 is 1.06 bits per heavy atom. The molecule has 0 saturated carbocycles. The maximum absolute atomic E-state index is 4.14. The van der Waals surface area contributed by atoms with Crippen molar-refractivity contribution in [1.82, 2.24) is 4.90 Å². The molecule has 0 aromatic rings. The molecule has 0 aromatic carbocycles. The predicted molar refractivity (Wildman–Crippen MR) is 74.4 cm³/mol. The van der Waals surface area contributed by atoms with Crippen LogP contribution in [0.25, 0.3) is 0 Å². The van der Waals surface area contributed by atoms with Gasteiger partial charge in [-0.1, -0.05) is 40.3 Å². The Kier molecular flexibility index (Phi) is 8.05. The lowest BCUT2D eigenvalue weighted by molar-refractivity contribution is 0.308. The second-order valence-corrected chi connectivity index (χ2v) is 5.34. The maximum atomic E-state index is 4.14. The van der Waals surface area contributed by atoms with Gasteiger partial charge < -0.3 is 4.90 Å². The van der Waals surface area contributed by atoms with Gasteiger partial charge >= 0.3 is 0 Å². The van der Waals surface area contributed by atoms with Crippen LogP contribution in [0.3, 0.4) is 0 Å². The van der Waals surface area contributed by atoms with E-state index in [1.807, 2.05) is 6.92 Å². The van der Waals surface area contributed by atoms with Crippen molar-refractivity contribution in [2.24, 2.45) is 11.8 Å². The summed E-state index contributed by atoms with van der Waals surface area (Å²) in [5, 5.41) is 0. The highest BCUT2D eigenvalue weighted by Gasteiger charge is 2.07. The number of allylic oxidation sites excluding steroid dienone is 2. The van der Waals surface area contributed by atoms with Crippen molar-refractivity contribution < 1.29 is 0 Å². The van der Waals surface area contributed by atoms with Gasteiger partial charge in [0, 0.05) is 18.8 Å². The molecule has 0 bridgehead atoms. The van der Waals surface area contributed by atoms with Crippen molar-refractivity contribution in [3.05, 3.63) is 24.4 Å². The quantitative estimate of drug-likeness (QED) is 0.549. The van der Waals surface area contributed by atoms with E-state index in [1.165, 1.54) is 12.8 Å². The predicted octanol–water partition coefficient (Wildman–Crippen LogP) is 4.47. The molecule has 0 rings (SSSR count). The van der Waals surface area contributed by atoms with Gasteiger partial charge in [-0.15, -0.1) is 0 Å². The minimum atomic E-state index is 0.764. The van der Waals surface area contributed by atoms with E-state index in [1.54, 1.807) is 0 Å². The lowest BCUT2D eigenvalue weighted by atomic mass is 10.1. The first-order valence-corrected chi connectivity index (χ1v) is 6.53. The van der Waals surface area contributed by atoms with E-state index in [0.29, 0.717) is 0 Å². The highest BCUT2D eigenvalue weighted by atomic mass is 15.1. The Morgan fingerprint density at radius 2 is 1.50 bits per heavy atom. The van der Waals surface area contributed by atoms with Gasteiger partial charge in [-0.25, -0.2) is 0 Å². The zero-order chi connectivity index (χ0) is 12.6. The van der Waals surface area contributed by atoms with Gasteiger partial charge in [0.2, 0.25) is 0 Å². The lowest BCUT2D eigenvalue weighted by Crippen LogP contribution is -2.26. The third-order valence-electron chi connectivity index (χ3n) is 2.72. The van der Waals surface area contributed by atoms with Gasteiger partial charge in [-0.3, -0.25) is 0 Å². The second-order valence-electron chi connectivity index (χ2n) is 5.34. The van der Waals surface area contributed by atoms with Crippen LogP contribution in [0.2, 0.25) is 0 Å². The third-order valence-corrected chi connectivity index (χ3v) is 2.72. The number of rotatable bonds is 8. The number of hydrogen-bond acceptors (Lipinski definition) is 1. The van der Waals surface area contributed by atoms with Crippen LogP contribution in [0.4, 0.5) is 0 Å². The molecular weight excluding hydrogens is 194 g/mol. The van der Waals surface area contributed by atoms with E-state index in [-0.39, 0.29) is 0 Å². The molecule has 1 nitrogen and oxygen atoms in total. The molecule has 0 atom stereocenters. The normalized spacial score (nSPS) is 11.7. The molecule has 0 heterocycles. The molecule has 0 radical (unpaired) electrons. The summed E-state index contributed by atoms with van der Waals surface area (Å²) in [7, 11) is 0. The smallest absolute Gasteiger partial charge is 0.0289 e. The average molecular weight is 223 g/mol. The van der Waals surface area contributed by atoms with Gasteiger partial charge in [-0.2, -0.15) is 0 Å². The molecule has 0 unspecified atom stereocenters. The fourth-order valence-electron chi connectivity index (χ4n) is 1.52. The van der Waals surface area contributed by atoms with E-state index >= 15 is 0 Å². The molecule has 0 fully saturated rings. The Balaban J connectivity index is 4.20. The van der Waals surface area contributed by atoms with Crippen LogP contribution in [0, 0.1) is 11.8 Å². The highest BCUT2D eigenvalue weighted by molar-refractivity contribution is 5.12. The van der Waals surface area contributed by atoms with Gasteiger partial charge in [0.1, 0.15) is 0 Å². The molecule has 0 aromatic heterocycles. The molecule has 0 aliphatic heterocycles. The molecule has 94 valence electrons. The number of hydrogen-bond donors (Lipinski definition) is 0. The standard InChI is InChI=1S/C15H29N/c1-7-8-15(6)16(11-9-13(2)3)12-10-14(4)5/h7-8,13-14H,6,9-12H2,1-5H3/b8-7+. The molecule has 0 saturated heterocycles. The van der Waals surface area contributed by atoms with Crippen molar-refractivity contribution in [3.8, 4) is 0 Å².